The van der Waals surface area contributed by atoms with Crippen LogP contribution in [-0.4, -0.2) is 5.91 Å². The molecule has 0 atom stereocenters. The Hall–Kier alpha value is -3.95. The van der Waals surface area contributed by atoms with Gasteiger partial charge in [0, 0.05) is 21.8 Å². The molecule has 1 N–H and O–H groups in total. The Bertz CT molecular complexity index is 1510. The predicted molar refractivity (Wildman–Crippen MR) is 152 cm³/mol. The standard InChI is InChI=1S/C30H21Cl3N2O3/c31-26-7-3-1-6-22(26)19-37-25-12-10-24(11-13-25)35-30(36)23(17-34)16-21-5-2-4-8-29(21)38-18-20-9-14-27(32)28(33)15-20/h1-16H,18-19H2,(H,35,36)/b23-16+. The second-order valence-corrected chi connectivity index (χ2v) is 9.32. The average molecular weight is 564 g/mol. The molecular weight excluding hydrogens is 543 g/mol. The van der Waals surface area contributed by atoms with E-state index in [0.29, 0.717) is 44.4 Å². The molecule has 0 aromatic heterocycles. The minimum absolute atomic E-state index is 0.0744. The fourth-order valence-corrected chi connectivity index (χ4v) is 3.95. The van der Waals surface area contributed by atoms with Crippen molar-refractivity contribution in [2.24, 2.45) is 0 Å². The fraction of sp³-hybridized carbons (Fsp3) is 0.0667. The zero-order chi connectivity index (χ0) is 26.9. The highest BCUT2D eigenvalue weighted by Gasteiger charge is 2.12. The van der Waals surface area contributed by atoms with Crippen LogP contribution in [0.15, 0.2) is 96.6 Å². The molecular formula is C30H21Cl3N2O3. The number of nitriles is 1. The van der Waals surface area contributed by atoms with Gasteiger partial charge in [-0.2, -0.15) is 5.26 Å². The fourth-order valence-electron chi connectivity index (χ4n) is 3.44. The molecule has 0 saturated carbocycles. The van der Waals surface area contributed by atoms with E-state index in [-0.39, 0.29) is 12.2 Å². The number of nitrogens with one attached hydrogen (secondary N) is 1. The summed E-state index contributed by atoms with van der Waals surface area (Å²) in [5.41, 5.74) is 2.73. The Labute approximate surface area is 235 Å². The predicted octanol–water partition coefficient (Wildman–Crippen LogP) is 8.35. The van der Waals surface area contributed by atoms with Crippen LogP contribution in [0.25, 0.3) is 6.08 Å². The molecule has 5 nitrogen and oxygen atoms in total. The number of rotatable bonds is 9. The van der Waals surface area contributed by atoms with E-state index in [0.717, 1.165) is 11.1 Å². The number of ether oxygens (including phenoxy) is 2. The number of para-hydroxylation sites is 1. The molecule has 0 aliphatic heterocycles. The summed E-state index contributed by atoms with van der Waals surface area (Å²) in [5.74, 6) is 0.586. The molecule has 8 heteroatoms. The van der Waals surface area contributed by atoms with Crippen molar-refractivity contribution in [3.8, 4) is 17.6 Å². The van der Waals surface area contributed by atoms with E-state index in [1.807, 2.05) is 36.4 Å². The lowest BCUT2D eigenvalue weighted by Gasteiger charge is -2.11. The van der Waals surface area contributed by atoms with Crippen LogP contribution in [0.4, 0.5) is 5.69 Å². The highest BCUT2D eigenvalue weighted by molar-refractivity contribution is 6.42. The molecule has 0 fully saturated rings. The highest BCUT2D eigenvalue weighted by Crippen LogP contribution is 2.26. The van der Waals surface area contributed by atoms with Gasteiger partial charge in [-0.15, -0.1) is 0 Å². The first-order valence-electron chi connectivity index (χ1n) is 11.5. The summed E-state index contributed by atoms with van der Waals surface area (Å²) in [6.07, 6.45) is 1.49. The molecule has 38 heavy (non-hydrogen) atoms. The summed E-state index contributed by atoms with van der Waals surface area (Å²) in [6.45, 7) is 0.556. The van der Waals surface area contributed by atoms with Crippen LogP contribution in [0.5, 0.6) is 11.5 Å². The van der Waals surface area contributed by atoms with Gasteiger partial charge in [-0.25, -0.2) is 0 Å². The molecule has 0 heterocycles. The maximum atomic E-state index is 12.8. The maximum absolute atomic E-state index is 12.8. The zero-order valence-electron chi connectivity index (χ0n) is 20.0. The minimum Gasteiger partial charge on any atom is -0.489 e. The van der Waals surface area contributed by atoms with Crippen molar-refractivity contribution in [2.45, 2.75) is 13.2 Å². The molecule has 0 spiro atoms. The van der Waals surface area contributed by atoms with Gasteiger partial charge in [0.1, 0.15) is 36.4 Å². The van der Waals surface area contributed by atoms with E-state index in [4.69, 9.17) is 44.3 Å². The van der Waals surface area contributed by atoms with Crippen molar-refractivity contribution >= 4 is 52.5 Å². The van der Waals surface area contributed by atoms with Crippen molar-refractivity contribution in [1.82, 2.24) is 0 Å². The van der Waals surface area contributed by atoms with E-state index in [9.17, 15) is 10.1 Å². The summed E-state index contributed by atoms with van der Waals surface area (Å²) in [6, 6.07) is 28.6. The topological polar surface area (TPSA) is 71.3 Å². The van der Waals surface area contributed by atoms with Crippen LogP contribution >= 0.6 is 34.8 Å². The second-order valence-electron chi connectivity index (χ2n) is 8.10. The van der Waals surface area contributed by atoms with Crippen LogP contribution in [0.2, 0.25) is 15.1 Å². The molecule has 0 bridgehead atoms. The second kappa shape index (κ2) is 13.0. The number of halogens is 3. The normalized spacial score (nSPS) is 10.9. The third-order valence-corrected chi connectivity index (χ3v) is 6.53. The van der Waals surface area contributed by atoms with Crippen molar-refractivity contribution in [3.05, 3.63) is 128 Å². The third-order valence-electron chi connectivity index (χ3n) is 5.43. The number of hydrogen-bond acceptors (Lipinski definition) is 4. The van der Waals surface area contributed by atoms with E-state index in [1.165, 1.54) is 6.08 Å². The number of nitrogens with zero attached hydrogens (tertiary/aromatic N) is 1. The van der Waals surface area contributed by atoms with Gasteiger partial charge in [-0.3, -0.25) is 4.79 Å². The van der Waals surface area contributed by atoms with Crippen molar-refractivity contribution in [1.29, 1.82) is 5.26 Å². The van der Waals surface area contributed by atoms with Crippen LogP contribution in [0.1, 0.15) is 16.7 Å². The van der Waals surface area contributed by atoms with Crippen molar-refractivity contribution < 1.29 is 14.3 Å². The highest BCUT2D eigenvalue weighted by atomic mass is 35.5. The summed E-state index contributed by atoms with van der Waals surface area (Å²) < 4.78 is 11.7. The summed E-state index contributed by atoms with van der Waals surface area (Å²) in [4.78, 5) is 12.8. The minimum atomic E-state index is -0.545. The van der Waals surface area contributed by atoms with Gasteiger partial charge in [0.2, 0.25) is 0 Å². The third kappa shape index (κ3) is 7.30. The SMILES string of the molecule is N#C/C(=C\c1ccccc1OCc1ccc(Cl)c(Cl)c1)C(=O)Nc1ccc(OCc2ccccc2Cl)cc1. The molecule has 4 aromatic rings. The molecule has 4 rings (SSSR count). The molecule has 0 aliphatic carbocycles. The first-order valence-corrected chi connectivity index (χ1v) is 12.6. The number of amides is 1. The van der Waals surface area contributed by atoms with Crippen LogP contribution in [0, 0.1) is 11.3 Å². The van der Waals surface area contributed by atoms with Gasteiger partial charge in [0.15, 0.2) is 0 Å². The number of anilines is 1. The number of carbonyl (C=O) groups excluding carboxylic acids is 1. The van der Waals surface area contributed by atoms with Gasteiger partial charge in [0.05, 0.1) is 10.0 Å². The Morgan fingerprint density at radius 1 is 0.816 bits per heavy atom. The van der Waals surface area contributed by atoms with E-state index in [1.54, 1.807) is 60.7 Å². The monoisotopic (exact) mass is 562 g/mol. The lowest BCUT2D eigenvalue weighted by Crippen LogP contribution is -2.13. The lowest BCUT2D eigenvalue weighted by molar-refractivity contribution is -0.112. The largest absolute Gasteiger partial charge is 0.489 e. The van der Waals surface area contributed by atoms with Gasteiger partial charge in [0.25, 0.3) is 5.91 Å². The van der Waals surface area contributed by atoms with Crippen LogP contribution in [0.3, 0.4) is 0 Å². The van der Waals surface area contributed by atoms with Crippen molar-refractivity contribution in [3.63, 3.8) is 0 Å². The first kappa shape index (κ1) is 27.1. The summed E-state index contributed by atoms with van der Waals surface area (Å²) in [5, 5.41) is 13.9. The molecule has 190 valence electrons. The van der Waals surface area contributed by atoms with Crippen LogP contribution < -0.4 is 14.8 Å². The molecule has 1 amide bonds. The Balaban J connectivity index is 1.40. The number of carbonyl (C=O) groups is 1. The van der Waals surface area contributed by atoms with Gasteiger partial charge in [-0.05, 0) is 60.2 Å². The summed E-state index contributed by atoms with van der Waals surface area (Å²) in [7, 11) is 0. The zero-order valence-corrected chi connectivity index (χ0v) is 22.2. The summed E-state index contributed by atoms with van der Waals surface area (Å²) >= 11 is 18.2. The van der Waals surface area contributed by atoms with Crippen molar-refractivity contribution in [2.75, 3.05) is 5.32 Å². The molecule has 0 unspecified atom stereocenters. The molecule has 0 aliphatic rings. The van der Waals surface area contributed by atoms with E-state index in [2.05, 4.69) is 5.32 Å². The smallest absolute Gasteiger partial charge is 0.266 e. The lowest BCUT2D eigenvalue weighted by atomic mass is 10.1. The quantitative estimate of drug-likeness (QED) is 0.164. The van der Waals surface area contributed by atoms with Crippen LogP contribution in [-0.2, 0) is 18.0 Å². The van der Waals surface area contributed by atoms with Gasteiger partial charge >= 0.3 is 0 Å². The Morgan fingerprint density at radius 3 is 2.29 bits per heavy atom. The number of hydrogen-bond donors (Lipinski definition) is 1. The van der Waals surface area contributed by atoms with E-state index >= 15 is 0 Å². The molecule has 0 saturated heterocycles. The van der Waals surface area contributed by atoms with Gasteiger partial charge < -0.3 is 14.8 Å². The first-order chi connectivity index (χ1) is 18.4. The Morgan fingerprint density at radius 2 is 1.55 bits per heavy atom. The average Bonchev–Trinajstić information content (AvgIpc) is 2.93. The van der Waals surface area contributed by atoms with Gasteiger partial charge in [-0.1, -0.05) is 77.3 Å². The molecule has 4 aromatic carbocycles. The maximum Gasteiger partial charge on any atom is 0.266 e. The number of benzene rings is 4. The molecule has 0 radical (unpaired) electrons. The van der Waals surface area contributed by atoms with E-state index < -0.39 is 5.91 Å². The Kier molecular flexibility index (Phi) is 9.29.